The molecule has 0 aliphatic carbocycles. The molecule has 1 aromatic rings. The molecule has 0 aromatic heterocycles. The summed E-state index contributed by atoms with van der Waals surface area (Å²) in [6.07, 6.45) is 0.663. The minimum Gasteiger partial charge on any atom is -0.480 e. The van der Waals surface area contributed by atoms with Gasteiger partial charge in [-0.1, -0.05) is 13.8 Å². The maximum atomic E-state index is 13.7. The van der Waals surface area contributed by atoms with Crippen LogP contribution in [0, 0.1) is 17.1 Å². The van der Waals surface area contributed by atoms with E-state index in [0.29, 0.717) is 12.8 Å². The Kier molecular flexibility index (Phi) is 4.27. The quantitative estimate of drug-likeness (QED) is 0.842. The van der Waals surface area contributed by atoms with Crippen molar-refractivity contribution < 1.29 is 14.3 Å². The first kappa shape index (κ1) is 14.0. The maximum Gasteiger partial charge on any atom is 0.329 e. The van der Waals surface area contributed by atoms with Crippen molar-refractivity contribution in [3.05, 3.63) is 29.6 Å². The Balaban J connectivity index is 3.10. The number of halogens is 1. The van der Waals surface area contributed by atoms with Crippen molar-refractivity contribution in [2.75, 3.05) is 5.32 Å². The van der Waals surface area contributed by atoms with E-state index >= 15 is 0 Å². The molecule has 0 aliphatic rings. The Labute approximate surface area is 105 Å². The second kappa shape index (κ2) is 5.50. The minimum absolute atomic E-state index is 0.0973. The molecule has 0 bridgehead atoms. The lowest BCUT2D eigenvalue weighted by Gasteiger charge is -2.29. The van der Waals surface area contributed by atoms with Gasteiger partial charge in [0.25, 0.3) is 0 Å². The van der Waals surface area contributed by atoms with Crippen LogP contribution in [0.15, 0.2) is 18.2 Å². The van der Waals surface area contributed by atoms with Crippen LogP contribution >= 0.6 is 0 Å². The number of nitrogens with one attached hydrogen (secondary N) is 1. The summed E-state index contributed by atoms with van der Waals surface area (Å²) in [4.78, 5) is 11.3. The minimum atomic E-state index is -1.19. The number of carbonyl (C=O) groups is 1. The van der Waals surface area contributed by atoms with Gasteiger partial charge in [-0.3, -0.25) is 0 Å². The molecule has 0 aliphatic heterocycles. The number of anilines is 1. The SMILES string of the molecule is CCC(CC)(Nc1ccc(C#N)cc1F)C(=O)O. The van der Waals surface area contributed by atoms with E-state index in [4.69, 9.17) is 5.26 Å². The first-order valence-electron chi connectivity index (χ1n) is 5.70. The second-order valence-corrected chi connectivity index (χ2v) is 4.03. The Morgan fingerprint density at radius 3 is 2.50 bits per heavy atom. The van der Waals surface area contributed by atoms with Crippen molar-refractivity contribution in [3.63, 3.8) is 0 Å². The van der Waals surface area contributed by atoms with E-state index in [1.807, 2.05) is 6.07 Å². The summed E-state index contributed by atoms with van der Waals surface area (Å²) in [6, 6.07) is 5.74. The third-order valence-electron chi connectivity index (χ3n) is 3.09. The molecule has 0 heterocycles. The molecular weight excluding hydrogens is 235 g/mol. The van der Waals surface area contributed by atoms with Crippen LogP contribution < -0.4 is 5.32 Å². The highest BCUT2D eigenvalue weighted by atomic mass is 19.1. The Hall–Kier alpha value is -2.09. The Bertz CT molecular complexity index is 490. The molecule has 4 nitrogen and oxygen atoms in total. The molecule has 0 radical (unpaired) electrons. The number of aliphatic carboxylic acids is 1. The molecule has 0 atom stereocenters. The first-order valence-corrected chi connectivity index (χ1v) is 5.70. The lowest BCUT2D eigenvalue weighted by molar-refractivity contribution is -0.142. The fourth-order valence-corrected chi connectivity index (χ4v) is 1.73. The van der Waals surface area contributed by atoms with E-state index in [9.17, 15) is 14.3 Å². The fourth-order valence-electron chi connectivity index (χ4n) is 1.73. The third-order valence-corrected chi connectivity index (χ3v) is 3.09. The van der Waals surface area contributed by atoms with E-state index in [1.165, 1.54) is 12.1 Å². The predicted octanol–water partition coefficient (Wildman–Crippen LogP) is 2.75. The van der Waals surface area contributed by atoms with Crippen LogP contribution in [0.4, 0.5) is 10.1 Å². The van der Waals surface area contributed by atoms with Crippen molar-refractivity contribution in [2.45, 2.75) is 32.2 Å². The predicted molar refractivity (Wildman–Crippen MR) is 65.7 cm³/mol. The summed E-state index contributed by atoms with van der Waals surface area (Å²) in [6.45, 7) is 3.46. The molecule has 0 saturated heterocycles. The Morgan fingerprint density at radius 2 is 2.11 bits per heavy atom. The fraction of sp³-hybridized carbons (Fsp3) is 0.385. The number of nitrogens with zero attached hydrogens (tertiary/aromatic N) is 1. The van der Waals surface area contributed by atoms with Gasteiger partial charge in [-0.15, -0.1) is 0 Å². The molecule has 96 valence electrons. The first-order chi connectivity index (χ1) is 8.49. The standard InChI is InChI=1S/C13H15FN2O2/c1-3-13(4-2,12(17)18)16-11-6-5-9(8-15)7-10(11)14/h5-7,16H,3-4H2,1-2H3,(H,17,18). The zero-order chi connectivity index (χ0) is 13.8. The third kappa shape index (κ3) is 2.59. The van der Waals surface area contributed by atoms with Crippen LogP contribution in [0.25, 0.3) is 0 Å². The van der Waals surface area contributed by atoms with Gasteiger partial charge in [0.05, 0.1) is 17.3 Å². The van der Waals surface area contributed by atoms with Crippen molar-refractivity contribution in [3.8, 4) is 6.07 Å². The maximum absolute atomic E-state index is 13.7. The highest BCUT2D eigenvalue weighted by molar-refractivity contribution is 5.82. The van der Waals surface area contributed by atoms with Crippen LogP contribution in [-0.2, 0) is 4.79 Å². The number of carboxylic acids is 1. The van der Waals surface area contributed by atoms with E-state index in [-0.39, 0.29) is 11.3 Å². The monoisotopic (exact) mass is 250 g/mol. The van der Waals surface area contributed by atoms with Crippen molar-refractivity contribution >= 4 is 11.7 Å². The molecule has 0 amide bonds. The van der Waals surface area contributed by atoms with Gasteiger partial charge in [0, 0.05) is 0 Å². The molecule has 18 heavy (non-hydrogen) atoms. The van der Waals surface area contributed by atoms with Crippen LogP contribution in [0.3, 0.4) is 0 Å². The molecule has 1 rings (SSSR count). The topological polar surface area (TPSA) is 73.1 Å². The van der Waals surface area contributed by atoms with Crippen molar-refractivity contribution in [1.29, 1.82) is 5.26 Å². The zero-order valence-electron chi connectivity index (χ0n) is 10.3. The highest BCUT2D eigenvalue weighted by Gasteiger charge is 2.35. The van der Waals surface area contributed by atoms with Gasteiger partial charge in [0.15, 0.2) is 0 Å². The van der Waals surface area contributed by atoms with Crippen LogP contribution in [0.1, 0.15) is 32.3 Å². The zero-order valence-corrected chi connectivity index (χ0v) is 10.3. The molecule has 5 heteroatoms. The van der Waals surface area contributed by atoms with E-state index < -0.39 is 17.3 Å². The average Bonchev–Trinajstić information content (AvgIpc) is 2.37. The van der Waals surface area contributed by atoms with E-state index in [0.717, 1.165) is 6.07 Å². The van der Waals surface area contributed by atoms with Gasteiger partial charge in [-0.25, -0.2) is 9.18 Å². The summed E-state index contributed by atoms with van der Waals surface area (Å²) in [5.74, 6) is -1.64. The average molecular weight is 250 g/mol. The van der Waals surface area contributed by atoms with Gasteiger partial charge < -0.3 is 10.4 Å². The second-order valence-electron chi connectivity index (χ2n) is 4.03. The molecule has 2 N–H and O–H groups in total. The highest BCUT2D eigenvalue weighted by Crippen LogP contribution is 2.25. The lowest BCUT2D eigenvalue weighted by atomic mass is 9.92. The van der Waals surface area contributed by atoms with Gasteiger partial charge in [-0.05, 0) is 31.0 Å². The number of benzene rings is 1. The van der Waals surface area contributed by atoms with E-state index in [2.05, 4.69) is 5.32 Å². The molecular formula is C13H15FN2O2. The number of hydrogen-bond donors (Lipinski definition) is 2. The molecule has 0 fully saturated rings. The summed E-state index contributed by atoms with van der Waals surface area (Å²) in [7, 11) is 0. The van der Waals surface area contributed by atoms with Gasteiger partial charge >= 0.3 is 5.97 Å². The summed E-state index contributed by atoms with van der Waals surface area (Å²) in [5, 5.41) is 20.6. The number of nitriles is 1. The number of carboxylic acid groups (broad SMARTS) is 1. The molecule has 0 saturated carbocycles. The summed E-state index contributed by atoms with van der Waals surface area (Å²) in [5.41, 5.74) is -0.887. The largest absolute Gasteiger partial charge is 0.480 e. The van der Waals surface area contributed by atoms with Crippen LogP contribution in [-0.4, -0.2) is 16.6 Å². The summed E-state index contributed by atoms with van der Waals surface area (Å²) < 4.78 is 13.7. The number of hydrogen-bond acceptors (Lipinski definition) is 3. The summed E-state index contributed by atoms with van der Waals surface area (Å²) >= 11 is 0. The Morgan fingerprint density at radius 1 is 1.50 bits per heavy atom. The van der Waals surface area contributed by atoms with Crippen LogP contribution in [0.2, 0.25) is 0 Å². The number of rotatable bonds is 5. The normalized spacial score (nSPS) is 10.8. The van der Waals surface area contributed by atoms with Crippen molar-refractivity contribution in [1.82, 2.24) is 0 Å². The molecule has 0 unspecified atom stereocenters. The van der Waals surface area contributed by atoms with Crippen LogP contribution in [0.5, 0.6) is 0 Å². The molecule has 1 aromatic carbocycles. The van der Waals surface area contributed by atoms with Crippen molar-refractivity contribution in [2.24, 2.45) is 0 Å². The van der Waals surface area contributed by atoms with E-state index in [1.54, 1.807) is 13.8 Å². The van der Waals surface area contributed by atoms with Gasteiger partial charge in [0.1, 0.15) is 11.4 Å². The van der Waals surface area contributed by atoms with Gasteiger partial charge in [0.2, 0.25) is 0 Å². The van der Waals surface area contributed by atoms with Gasteiger partial charge in [-0.2, -0.15) is 5.26 Å². The smallest absolute Gasteiger partial charge is 0.329 e. The molecule has 0 spiro atoms. The lowest BCUT2D eigenvalue weighted by Crippen LogP contribution is -2.45.